The average Bonchev–Trinajstić information content (AvgIpc) is 2.82. The van der Waals surface area contributed by atoms with Gasteiger partial charge >= 0.3 is 0 Å². The standard InChI is InChI=1S/C12H13NO2/c13-11(9-5-2-1-3-6-9)12(14)10-7-4-8-15-10/h1-3,5-7,11H,4,8,13H2. The maximum Gasteiger partial charge on any atom is 0.218 e. The van der Waals surface area contributed by atoms with Gasteiger partial charge in [-0.3, -0.25) is 4.79 Å². The molecule has 1 unspecified atom stereocenters. The van der Waals surface area contributed by atoms with Gasteiger partial charge in [-0.15, -0.1) is 0 Å². The van der Waals surface area contributed by atoms with Crippen LogP contribution in [0.5, 0.6) is 0 Å². The molecule has 1 aliphatic heterocycles. The second kappa shape index (κ2) is 4.28. The van der Waals surface area contributed by atoms with Gasteiger partial charge in [0, 0.05) is 6.42 Å². The van der Waals surface area contributed by atoms with Gasteiger partial charge in [0.15, 0.2) is 5.76 Å². The van der Waals surface area contributed by atoms with Crippen LogP contribution in [0.2, 0.25) is 0 Å². The summed E-state index contributed by atoms with van der Waals surface area (Å²) >= 11 is 0. The van der Waals surface area contributed by atoms with E-state index in [-0.39, 0.29) is 5.78 Å². The largest absolute Gasteiger partial charge is 0.490 e. The Bertz CT molecular complexity index is 384. The fourth-order valence-corrected chi connectivity index (χ4v) is 1.55. The van der Waals surface area contributed by atoms with Crippen molar-refractivity contribution in [3.8, 4) is 0 Å². The molecule has 15 heavy (non-hydrogen) atoms. The molecule has 1 aliphatic rings. The fourth-order valence-electron chi connectivity index (χ4n) is 1.55. The van der Waals surface area contributed by atoms with Crippen LogP contribution in [0.15, 0.2) is 42.2 Å². The highest BCUT2D eigenvalue weighted by Gasteiger charge is 2.22. The van der Waals surface area contributed by atoms with E-state index in [1.807, 2.05) is 30.3 Å². The number of Topliss-reactive ketones (excluding diaryl/α,β-unsaturated/α-hetero) is 1. The third-order valence-electron chi connectivity index (χ3n) is 2.39. The Morgan fingerprint density at radius 3 is 2.67 bits per heavy atom. The van der Waals surface area contributed by atoms with Crippen LogP contribution in [-0.2, 0) is 9.53 Å². The Kier molecular flexibility index (Phi) is 2.83. The number of nitrogens with two attached hydrogens (primary N) is 1. The Morgan fingerprint density at radius 2 is 2.07 bits per heavy atom. The normalized spacial score (nSPS) is 16.7. The summed E-state index contributed by atoms with van der Waals surface area (Å²) in [6.07, 6.45) is 2.59. The second-order valence-corrected chi connectivity index (χ2v) is 3.46. The van der Waals surface area contributed by atoms with Gasteiger partial charge in [-0.1, -0.05) is 30.3 Å². The topological polar surface area (TPSA) is 52.3 Å². The molecular formula is C12H13NO2. The van der Waals surface area contributed by atoms with Gasteiger partial charge in [0.05, 0.1) is 12.6 Å². The van der Waals surface area contributed by atoms with Crippen molar-refractivity contribution in [1.82, 2.24) is 0 Å². The van der Waals surface area contributed by atoms with E-state index in [0.717, 1.165) is 12.0 Å². The van der Waals surface area contributed by atoms with Crippen LogP contribution in [0.4, 0.5) is 0 Å². The molecular weight excluding hydrogens is 190 g/mol. The summed E-state index contributed by atoms with van der Waals surface area (Å²) in [4.78, 5) is 11.8. The summed E-state index contributed by atoms with van der Waals surface area (Å²) in [5.74, 6) is 0.269. The minimum Gasteiger partial charge on any atom is -0.490 e. The molecule has 1 atom stereocenters. The van der Waals surface area contributed by atoms with Crippen LogP contribution >= 0.6 is 0 Å². The first-order valence-corrected chi connectivity index (χ1v) is 4.97. The zero-order valence-electron chi connectivity index (χ0n) is 8.35. The van der Waals surface area contributed by atoms with Crippen LogP contribution in [0.3, 0.4) is 0 Å². The molecule has 3 nitrogen and oxygen atoms in total. The van der Waals surface area contributed by atoms with Crippen molar-refractivity contribution in [3.05, 3.63) is 47.7 Å². The lowest BCUT2D eigenvalue weighted by Crippen LogP contribution is -2.23. The van der Waals surface area contributed by atoms with Gasteiger partial charge in [-0.2, -0.15) is 0 Å². The summed E-state index contributed by atoms with van der Waals surface area (Å²) in [6, 6.07) is 8.71. The number of benzene rings is 1. The van der Waals surface area contributed by atoms with Gasteiger partial charge in [0.25, 0.3) is 0 Å². The molecule has 0 bridgehead atoms. The van der Waals surface area contributed by atoms with Gasteiger partial charge in [0.1, 0.15) is 0 Å². The predicted molar refractivity (Wildman–Crippen MR) is 57.0 cm³/mol. The molecule has 0 fully saturated rings. The van der Waals surface area contributed by atoms with E-state index in [1.54, 1.807) is 6.08 Å². The Hall–Kier alpha value is -1.61. The SMILES string of the molecule is NC(C(=O)C1=CCCO1)c1ccccc1. The number of hydrogen-bond acceptors (Lipinski definition) is 3. The molecule has 1 aromatic rings. The maximum absolute atomic E-state index is 11.8. The van der Waals surface area contributed by atoms with Crippen LogP contribution in [-0.4, -0.2) is 12.4 Å². The molecule has 78 valence electrons. The van der Waals surface area contributed by atoms with Crippen molar-refractivity contribution in [1.29, 1.82) is 0 Å². The zero-order chi connectivity index (χ0) is 10.7. The van der Waals surface area contributed by atoms with Crippen molar-refractivity contribution in [2.75, 3.05) is 6.61 Å². The van der Waals surface area contributed by atoms with Crippen molar-refractivity contribution in [2.24, 2.45) is 5.73 Å². The molecule has 1 aromatic carbocycles. The zero-order valence-corrected chi connectivity index (χ0v) is 8.35. The highest BCUT2D eigenvalue weighted by atomic mass is 16.5. The molecule has 0 aliphatic carbocycles. The first-order chi connectivity index (χ1) is 7.29. The van der Waals surface area contributed by atoms with Crippen molar-refractivity contribution < 1.29 is 9.53 Å². The van der Waals surface area contributed by atoms with Crippen LogP contribution < -0.4 is 5.73 Å². The molecule has 0 spiro atoms. The van der Waals surface area contributed by atoms with Gasteiger partial charge < -0.3 is 10.5 Å². The molecule has 0 radical (unpaired) electrons. The minimum atomic E-state index is -0.615. The molecule has 2 N–H and O–H groups in total. The average molecular weight is 203 g/mol. The number of ketones is 1. The summed E-state index contributed by atoms with van der Waals surface area (Å²) < 4.78 is 5.19. The first-order valence-electron chi connectivity index (χ1n) is 4.97. The number of hydrogen-bond donors (Lipinski definition) is 1. The highest BCUT2D eigenvalue weighted by molar-refractivity contribution is 5.98. The maximum atomic E-state index is 11.8. The Balaban J connectivity index is 2.14. The lowest BCUT2D eigenvalue weighted by atomic mass is 10.0. The molecule has 0 saturated carbocycles. The van der Waals surface area contributed by atoms with E-state index < -0.39 is 6.04 Å². The van der Waals surface area contributed by atoms with Gasteiger partial charge in [0.2, 0.25) is 5.78 Å². The Labute approximate surface area is 88.5 Å². The first kappa shape index (κ1) is 9.93. The lowest BCUT2D eigenvalue weighted by Gasteiger charge is -2.11. The molecule has 0 aromatic heterocycles. The number of carbonyl (C=O) groups excluding carboxylic acids is 1. The predicted octanol–water partition coefficient (Wildman–Crippen LogP) is 1.56. The highest BCUT2D eigenvalue weighted by Crippen LogP contribution is 2.19. The second-order valence-electron chi connectivity index (χ2n) is 3.46. The third-order valence-corrected chi connectivity index (χ3v) is 2.39. The van der Waals surface area contributed by atoms with Crippen molar-refractivity contribution in [2.45, 2.75) is 12.5 Å². The Morgan fingerprint density at radius 1 is 1.33 bits per heavy atom. The molecule has 0 amide bonds. The minimum absolute atomic E-state index is 0.140. The smallest absolute Gasteiger partial charge is 0.218 e. The van der Waals surface area contributed by atoms with Gasteiger partial charge in [-0.25, -0.2) is 0 Å². The van der Waals surface area contributed by atoms with E-state index >= 15 is 0 Å². The van der Waals surface area contributed by atoms with Gasteiger partial charge in [-0.05, 0) is 11.6 Å². The quantitative estimate of drug-likeness (QED) is 0.811. The van der Waals surface area contributed by atoms with Crippen LogP contribution in [0.1, 0.15) is 18.0 Å². The monoisotopic (exact) mass is 203 g/mol. The fraction of sp³-hybridized carbons (Fsp3) is 0.250. The number of carbonyl (C=O) groups is 1. The van der Waals surface area contributed by atoms with E-state index in [4.69, 9.17) is 10.5 Å². The van der Waals surface area contributed by atoms with Crippen molar-refractivity contribution in [3.63, 3.8) is 0 Å². The summed E-state index contributed by atoms with van der Waals surface area (Å²) in [5.41, 5.74) is 6.67. The van der Waals surface area contributed by atoms with E-state index in [1.165, 1.54) is 0 Å². The summed E-state index contributed by atoms with van der Waals surface area (Å²) in [7, 11) is 0. The summed E-state index contributed by atoms with van der Waals surface area (Å²) in [5, 5.41) is 0. The molecule has 1 heterocycles. The third kappa shape index (κ3) is 2.07. The van der Waals surface area contributed by atoms with E-state index in [0.29, 0.717) is 12.4 Å². The lowest BCUT2D eigenvalue weighted by molar-refractivity contribution is -0.119. The van der Waals surface area contributed by atoms with Crippen molar-refractivity contribution >= 4 is 5.78 Å². The number of ether oxygens (including phenoxy) is 1. The van der Waals surface area contributed by atoms with Crippen LogP contribution in [0.25, 0.3) is 0 Å². The molecule has 2 rings (SSSR count). The van der Waals surface area contributed by atoms with Crippen LogP contribution in [0, 0.1) is 0 Å². The summed E-state index contributed by atoms with van der Waals surface area (Å²) in [6.45, 7) is 0.586. The molecule has 3 heteroatoms. The van der Waals surface area contributed by atoms with E-state index in [9.17, 15) is 4.79 Å². The molecule has 0 saturated heterocycles. The number of rotatable bonds is 3. The van der Waals surface area contributed by atoms with E-state index in [2.05, 4.69) is 0 Å².